The second kappa shape index (κ2) is 5.99. The monoisotopic (exact) mass is 227 g/mol. The van der Waals surface area contributed by atoms with Gasteiger partial charge in [0, 0.05) is 6.04 Å². The van der Waals surface area contributed by atoms with Crippen LogP contribution in [0.25, 0.3) is 0 Å². The zero-order chi connectivity index (χ0) is 11.4. The van der Waals surface area contributed by atoms with Crippen LogP contribution in [0.15, 0.2) is 0 Å². The first kappa shape index (κ1) is 12.3. The van der Waals surface area contributed by atoms with Gasteiger partial charge in [-0.25, -0.2) is 0 Å². The lowest BCUT2D eigenvalue weighted by Crippen LogP contribution is -2.39. The van der Waals surface area contributed by atoms with Crippen LogP contribution < -0.4 is 5.32 Å². The highest BCUT2D eigenvalue weighted by Gasteiger charge is 2.28. The minimum Gasteiger partial charge on any atom is -0.390 e. The van der Waals surface area contributed by atoms with E-state index < -0.39 is 0 Å². The molecule has 0 aromatic rings. The first-order valence-corrected chi connectivity index (χ1v) is 6.80. The van der Waals surface area contributed by atoms with E-state index in [-0.39, 0.29) is 12.2 Å². The third kappa shape index (κ3) is 3.19. The Kier molecular flexibility index (Phi) is 4.62. The Morgan fingerprint density at radius 1 is 1.00 bits per heavy atom. The van der Waals surface area contributed by atoms with Gasteiger partial charge < -0.3 is 15.2 Å². The average Bonchev–Trinajstić information content (AvgIpc) is 2.33. The Morgan fingerprint density at radius 2 is 1.69 bits per heavy atom. The number of aliphatic hydroxyl groups is 1. The third-order valence-electron chi connectivity index (χ3n) is 4.12. The molecule has 0 radical (unpaired) electrons. The van der Waals surface area contributed by atoms with Crippen molar-refractivity contribution in [1.29, 1.82) is 0 Å². The fraction of sp³-hybridized carbons (Fsp3) is 1.00. The lowest BCUT2D eigenvalue weighted by atomic mass is 9.91. The standard InChI is InChI=1S/C13H25NO2/c1-14-10-6-8-11(9-7-10)16-13-5-3-2-4-12(13)15/h10-15H,2-9H2,1H3. The molecule has 0 aromatic heterocycles. The average molecular weight is 227 g/mol. The zero-order valence-electron chi connectivity index (χ0n) is 10.3. The third-order valence-corrected chi connectivity index (χ3v) is 4.12. The minimum atomic E-state index is -0.212. The van der Waals surface area contributed by atoms with Gasteiger partial charge in [-0.1, -0.05) is 12.8 Å². The summed E-state index contributed by atoms with van der Waals surface area (Å²) in [6.07, 6.45) is 9.37. The van der Waals surface area contributed by atoms with E-state index in [2.05, 4.69) is 5.32 Å². The van der Waals surface area contributed by atoms with Gasteiger partial charge in [0.2, 0.25) is 0 Å². The largest absolute Gasteiger partial charge is 0.390 e. The van der Waals surface area contributed by atoms with Crippen molar-refractivity contribution in [2.24, 2.45) is 0 Å². The normalized spacial score (nSPS) is 40.9. The van der Waals surface area contributed by atoms with Gasteiger partial charge in [-0.2, -0.15) is 0 Å². The maximum atomic E-state index is 9.86. The summed E-state index contributed by atoms with van der Waals surface area (Å²) in [6, 6.07) is 0.677. The number of aliphatic hydroxyl groups excluding tert-OH is 1. The van der Waals surface area contributed by atoms with Crippen LogP contribution in [0.3, 0.4) is 0 Å². The molecule has 0 aromatic carbocycles. The van der Waals surface area contributed by atoms with Crippen molar-refractivity contribution in [3.63, 3.8) is 0 Å². The van der Waals surface area contributed by atoms with Crippen LogP contribution in [-0.2, 0) is 4.74 Å². The lowest BCUT2D eigenvalue weighted by molar-refractivity contribution is -0.104. The van der Waals surface area contributed by atoms with E-state index in [1.165, 1.54) is 19.3 Å². The SMILES string of the molecule is CNC1CCC(OC2CCCCC2O)CC1. The van der Waals surface area contributed by atoms with Crippen molar-refractivity contribution in [3.8, 4) is 0 Å². The highest BCUT2D eigenvalue weighted by molar-refractivity contribution is 4.80. The van der Waals surface area contributed by atoms with Crippen LogP contribution in [0.5, 0.6) is 0 Å². The number of rotatable bonds is 3. The first-order valence-electron chi connectivity index (χ1n) is 6.80. The van der Waals surface area contributed by atoms with Crippen LogP contribution in [0, 0.1) is 0 Å². The van der Waals surface area contributed by atoms with Crippen molar-refractivity contribution in [3.05, 3.63) is 0 Å². The van der Waals surface area contributed by atoms with Crippen molar-refractivity contribution in [2.45, 2.75) is 75.7 Å². The summed E-state index contributed by atoms with van der Waals surface area (Å²) in [5.41, 5.74) is 0. The summed E-state index contributed by atoms with van der Waals surface area (Å²) in [5.74, 6) is 0. The van der Waals surface area contributed by atoms with E-state index in [1.807, 2.05) is 7.05 Å². The van der Waals surface area contributed by atoms with E-state index >= 15 is 0 Å². The Balaban J connectivity index is 1.73. The fourth-order valence-corrected chi connectivity index (χ4v) is 2.97. The molecule has 0 saturated heterocycles. The van der Waals surface area contributed by atoms with E-state index in [1.54, 1.807) is 0 Å². The van der Waals surface area contributed by atoms with Gasteiger partial charge in [0.1, 0.15) is 0 Å². The van der Waals surface area contributed by atoms with E-state index in [9.17, 15) is 5.11 Å². The molecule has 16 heavy (non-hydrogen) atoms. The topological polar surface area (TPSA) is 41.5 Å². The van der Waals surface area contributed by atoms with Crippen LogP contribution in [-0.4, -0.2) is 36.5 Å². The van der Waals surface area contributed by atoms with Gasteiger partial charge >= 0.3 is 0 Å². The molecule has 2 saturated carbocycles. The van der Waals surface area contributed by atoms with Crippen LogP contribution >= 0.6 is 0 Å². The molecule has 2 atom stereocenters. The van der Waals surface area contributed by atoms with Crippen LogP contribution in [0.4, 0.5) is 0 Å². The van der Waals surface area contributed by atoms with E-state index in [0.717, 1.165) is 32.1 Å². The van der Waals surface area contributed by atoms with Gasteiger partial charge in [-0.15, -0.1) is 0 Å². The predicted molar refractivity (Wildman–Crippen MR) is 64.5 cm³/mol. The maximum Gasteiger partial charge on any atom is 0.0837 e. The van der Waals surface area contributed by atoms with E-state index in [0.29, 0.717) is 12.1 Å². The summed E-state index contributed by atoms with van der Waals surface area (Å²) in [7, 11) is 2.04. The van der Waals surface area contributed by atoms with Crippen molar-refractivity contribution in [2.75, 3.05) is 7.05 Å². The molecular formula is C13H25NO2. The molecule has 0 bridgehead atoms. The summed E-state index contributed by atoms with van der Waals surface area (Å²) in [5, 5.41) is 13.2. The Morgan fingerprint density at radius 3 is 2.31 bits per heavy atom. The molecule has 2 fully saturated rings. The molecule has 2 aliphatic rings. The zero-order valence-corrected chi connectivity index (χ0v) is 10.3. The molecule has 3 nitrogen and oxygen atoms in total. The Labute approximate surface area is 98.6 Å². The number of hydrogen-bond acceptors (Lipinski definition) is 3. The molecule has 2 aliphatic carbocycles. The van der Waals surface area contributed by atoms with Crippen molar-refractivity contribution < 1.29 is 9.84 Å². The first-order chi connectivity index (χ1) is 7.79. The highest BCUT2D eigenvalue weighted by atomic mass is 16.5. The maximum absolute atomic E-state index is 9.86. The smallest absolute Gasteiger partial charge is 0.0837 e. The quantitative estimate of drug-likeness (QED) is 0.773. The summed E-state index contributed by atoms with van der Waals surface area (Å²) in [4.78, 5) is 0. The molecule has 3 heteroatoms. The summed E-state index contributed by atoms with van der Waals surface area (Å²) >= 11 is 0. The molecule has 94 valence electrons. The molecule has 2 rings (SSSR count). The molecule has 2 N–H and O–H groups in total. The molecule has 0 amide bonds. The van der Waals surface area contributed by atoms with Crippen molar-refractivity contribution >= 4 is 0 Å². The number of nitrogens with one attached hydrogen (secondary N) is 1. The minimum absolute atomic E-state index is 0.116. The van der Waals surface area contributed by atoms with E-state index in [4.69, 9.17) is 4.74 Å². The van der Waals surface area contributed by atoms with Crippen molar-refractivity contribution in [1.82, 2.24) is 5.32 Å². The molecule has 0 aliphatic heterocycles. The van der Waals surface area contributed by atoms with Crippen LogP contribution in [0.2, 0.25) is 0 Å². The lowest BCUT2D eigenvalue weighted by Gasteiger charge is -2.34. The Bertz CT molecular complexity index is 202. The molecular weight excluding hydrogens is 202 g/mol. The van der Waals surface area contributed by atoms with Gasteiger partial charge in [0.25, 0.3) is 0 Å². The highest BCUT2D eigenvalue weighted by Crippen LogP contribution is 2.27. The molecule has 2 unspecified atom stereocenters. The van der Waals surface area contributed by atoms with Gasteiger partial charge in [0.05, 0.1) is 18.3 Å². The number of hydrogen-bond donors (Lipinski definition) is 2. The molecule has 0 heterocycles. The fourth-order valence-electron chi connectivity index (χ4n) is 2.97. The second-order valence-corrected chi connectivity index (χ2v) is 5.29. The predicted octanol–water partition coefficient (Wildman–Crippen LogP) is 1.84. The Hall–Kier alpha value is -0.120. The van der Waals surface area contributed by atoms with Gasteiger partial charge in [-0.3, -0.25) is 0 Å². The molecule has 0 spiro atoms. The van der Waals surface area contributed by atoms with Gasteiger partial charge in [-0.05, 0) is 45.6 Å². The number of ether oxygens (including phenoxy) is 1. The van der Waals surface area contributed by atoms with Crippen LogP contribution in [0.1, 0.15) is 51.4 Å². The second-order valence-electron chi connectivity index (χ2n) is 5.29. The summed E-state index contributed by atoms with van der Waals surface area (Å²) < 4.78 is 6.06. The summed E-state index contributed by atoms with van der Waals surface area (Å²) in [6.45, 7) is 0. The van der Waals surface area contributed by atoms with Gasteiger partial charge in [0.15, 0.2) is 0 Å².